The van der Waals surface area contributed by atoms with E-state index in [0.29, 0.717) is 0 Å². The zero-order chi connectivity index (χ0) is 15.6. The summed E-state index contributed by atoms with van der Waals surface area (Å²) in [4.78, 5) is 7.12. The number of pyridine rings is 1. The molecule has 23 heavy (non-hydrogen) atoms. The first-order chi connectivity index (χ1) is 11.3. The van der Waals surface area contributed by atoms with Gasteiger partial charge < -0.3 is 4.90 Å². The molecule has 1 aromatic heterocycles. The third kappa shape index (κ3) is 2.61. The standard InChI is InChI=1S/C20H19N3/c21-13-16-6-4-5-15-11-17-12-18(23-9-2-1-3-10-23)14-22-20(17)8-7-19(15)16/h4-8,12,14H,1-3,9-11H2. The Morgan fingerprint density at radius 1 is 1.04 bits per heavy atom. The average molecular weight is 301 g/mol. The maximum atomic E-state index is 9.31. The summed E-state index contributed by atoms with van der Waals surface area (Å²) in [5, 5.41) is 9.31. The van der Waals surface area contributed by atoms with Crippen LogP contribution in [0.2, 0.25) is 0 Å². The molecule has 1 aliphatic heterocycles. The van der Waals surface area contributed by atoms with Crippen molar-refractivity contribution in [2.45, 2.75) is 25.7 Å². The summed E-state index contributed by atoms with van der Waals surface area (Å²) < 4.78 is 0. The molecule has 2 aromatic rings. The second kappa shape index (κ2) is 5.89. The fraction of sp³-hybridized carbons (Fsp3) is 0.300. The first kappa shape index (κ1) is 14.0. The molecule has 1 saturated heterocycles. The lowest BCUT2D eigenvalue weighted by Crippen LogP contribution is -2.29. The smallest absolute Gasteiger partial charge is 0.0998 e. The maximum Gasteiger partial charge on any atom is 0.0998 e. The van der Waals surface area contributed by atoms with Crippen molar-refractivity contribution in [3.8, 4) is 6.07 Å². The van der Waals surface area contributed by atoms with E-state index >= 15 is 0 Å². The Balaban J connectivity index is 1.73. The van der Waals surface area contributed by atoms with Crippen LogP contribution in [-0.2, 0) is 6.42 Å². The predicted octanol–water partition coefficient (Wildman–Crippen LogP) is 4.02. The largest absolute Gasteiger partial charge is 0.370 e. The van der Waals surface area contributed by atoms with Gasteiger partial charge in [-0.05, 0) is 54.2 Å². The number of benzene rings is 1. The van der Waals surface area contributed by atoms with Crippen molar-refractivity contribution in [2.24, 2.45) is 0 Å². The number of anilines is 1. The van der Waals surface area contributed by atoms with Gasteiger partial charge in [0.05, 0.1) is 29.2 Å². The van der Waals surface area contributed by atoms with Crippen LogP contribution in [0.5, 0.6) is 0 Å². The number of piperidine rings is 1. The van der Waals surface area contributed by atoms with E-state index < -0.39 is 0 Å². The van der Waals surface area contributed by atoms with Crippen molar-refractivity contribution in [1.82, 2.24) is 4.98 Å². The van der Waals surface area contributed by atoms with Gasteiger partial charge >= 0.3 is 0 Å². The summed E-state index contributed by atoms with van der Waals surface area (Å²) in [6.45, 7) is 2.26. The van der Waals surface area contributed by atoms with Crippen LogP contribution in [0.3, 0.4) is 0 Å². The molecule has 0 N–H and O–H groups in total. The van der Waals surface area contributed by atoms with Gasteiger partial charge in [-0.1, -0.05) is 18.2 Å². The Morgan fingerprint density at radius 2 is 1.91 bits per heavy atom. The van der Waals surface area contributed by atoms with Crippen LogP contribution in [0.4, 0.5) is 5.69 Å². The molecule has 3 nitrogen and oxygen atoms in total. The van der Waals surface area contributed by atoms with E-state index in [1.54, 1.807) is 0 Å². The summed E-state index contributed by atoms with van der Waals surface area (Å²) in [6, 6.07) is 10.5. The molecule has 2 heterocycles. The molecule has 0 bridgehead atoms. The zero-order valence-corrected chi connectivity index (χ0v) is 13.1. The van der Waals surface area contributed by atoms with Crippen LogP contribution < -0.4 is 4.90 Å². The number of aromatic nitrogens is 1. The topological polar surface area (TPSA) is 39.9 Å². The lowest BCUT2D eigenvalue weighted by molar-refractivity contribution is 0.577. The summed E-state index contributed by atoms with van der Waals surface area (Å²) in [6.07, 6.45) is 10.8. The number of nitriles is 1. The molecule has 3 heteroatoms. The fourth-order valence-electron chi connectivity index (χ4n) is 3.55. The number of fused-ring (bicyclic) bond motifs is 2. The Bertz CT molecular complexity index is 808. The molecular formula is C20H19N3. The van der Waals surface area contributed by atoms with Crippen LogP contribution >= 0.6 is 0 Å². The number of rotatable bonds is 1. The van der Waals surface area contributed by atoms with E-state index in [2.05, 4.69) is 28.1 Å². The SMILES string of the molecule is N#Cc1cccc2c1C=Cc1ncc(N3CCCCC3)cc1C2. The molecule has 0 atom stereocenters. The van der Waals surface area contributed by atoms with Crippen LogP contribution in [-0.4, -0.2) is 18.1 Å². The van der Waals surface area contributed by atoms with Crippen molar-refractivity contribution >= 4 is 17.8 Å². The summed E-state index contributed by atoms with van der Waals surface area (Å²) in [5.74, 6) is 0. The highest BCUT2D eigenvalue weighted by Crippen LogP contribution is 2.29. The summed E-state index contributed by atoms with van der Waals surface area (Å²) in [7, 11) is 0. The molecule has 1 fully saturated rings. The van der Waals surface area contributed by atoms with Crippen molar-refractivity contribution in [3.05, 3.63) is 58.4 Å². The first-order valence-corrected chi connectivity index (χ1v) is 8.29. The van der Waals surface area contributed by atoms with Gasteiger partial charge in [-0.2, -0.15) is 5.26 Å². The van der Waals surface area contributed by atoms with Crippen molar-refractivity contribution in [3.63, 3.8) is 0 Å². The van der Waals surface area contributed by atoms with Crippen LogP contribution in [0.1, 0.15) is 47.2 Å². The van der Waals surface area contributed by atoms with Gasteiger partial charge in [0.2, 0.25) is 0 Å². The van der Waals surface area contributed by atoms with Crippen molar-refractivity contribution in [2.75, 3.05) is 18.0 Å². The molecule has 114 valence electrons. The van der Waals surface area contributed by atoms with Gasteiger partial charge in [-0.25, -0.2) is 0 Å². The van der Waals surface area contributed by atoms with Gasteiger partial charge in [0, 0.05) is 19.5 Å². The van der Waals surface area contributed by atoms with E-state index in [4.69, 9.17) is 0 Å². The van der Waals surface area contributed by atoms with Gasteiger partial charge in [0.15, 0.2) is 0 Å². The van der Waals surface area contributed by atoms with Crippen LogP contribution in [0, 0.1) is 11.3 Å². The molecule has 0 spiro atoms. The van der Waals surface area contributed by atoms with Crippen LogP contribution in [0.25, 0.3) is 12.2 Å². The lowest BCUT2D eigenvalue weighted by Gasteiger charge is -2.29. The minimum absolute atomic E-state index is 0.739. The molecule has 0 saturated carbocycles. The summed E-state index contributed by atoms with van der Waals surface area (Å²) in [5.41, 5.74) is 6.48. The molecule has 0 unspecified atom stereocenters. The van der Waals surface area contributed by atoms with E-state index in [0.717, 1.165) is 36.3 Å². The van der Waals surface area contributed by atoms with Gasteiger partial charge in [-0.3, -0.25) is 4.98 Å². The highest BCUT2D eigenvalue weighted by atomic mass is 15.1. The monoisotopic (exact) mass is 301 g/mol. The maximum absolute atomic E-state index is 9.31. The molecule has 4 rings (SSSR count). The Labute approximate surface area is 136 Å². The van der Waals surface area contributed by atoms with E-state index in [1.807, 2.05) is 30.5 Å². The highest BCUT2D eigenvalue weighted by Gasteiger charge is 2.16. The van der Waals surface area contributed by atoms with Crippen molar-refractivity contribution < 1.29 is 0 Å². The second-order valence-electron chi connectivity index (χ2n) is 6.29. The Morgan fingerprint density at radius 3 is 2.74 bits per heavy atom. The molecule has 1 aromatic carbocycles. The van der Waals surface area contributed by atoms with Gasteiger partial charge in [0.1, 0.15) is 0 Å². The highest BCUT2D eigenvalue weighted by molar-refractivity contribution is 5.77. The second-order valence-corrected chi connectivity index (χ2v) is 6.29. The Kier molecular flexibility index (Phi) is 3.59. The first-order valence-electron chi connectivity index (χ1n) is 8.29. The fourth-order valence-corrected chi connectivity index (χ4v) is 3.55. The molecule has 1 aliphatic carbocycles. The molecular weight excluding hydrogens is 282 g/mol. The Hall–Kier alpha value is -2.60. The quantitative estimate of drug-likeness (QED) is 0.681. The molecule has 0 amide bonds. The third-order valence-electron chi connectivity index (χ3n) is 4.81. The number of hydrogen-bond acceptors (Lipinski definition) is 3. The lowest BCUT2D eigenvalue weighted by atomic mass is 9.97. The number of hydrogen-bond donors (Lipinski definition) is 0. The van der Waals surface area contributed by atoms with Crippen molar-refractivity contribution in [1.29, 1.82) is 5.26 Å². The minimum Gasteiger partial charge on any atom is -0.370 e. The normalized spacial score (nSPS) is 16.2. The van der Waals surface area contributed by atoms with E-state index in [1.165, 1.54) is 36.1 Å². The van der Waals surface area contributed by atoms with E-state index in [9.17, 15) is 5.26 Å². The molecule has 2 aliphatic rings. The summed E-state index contributed by atoms with van der Waals surface area (Å²) >= 11 is 0. The van der Waals surface area contributed by atoms with Gasteiger partial charge in [-0.15, -0.1) is 0 Å². The minimum atomic E-state index is 0.739. The zero-order valence-electron chi connectivity index (χ0n) is 13.1. The third-order valence-corrected chi connectivity index (χ3v) is 4.81. The number of nitrogens with zero attached hydrogens (tertiary/aromatic N) is 3. The molecule has 0 radical (unpaired) electrons. The van der Waals surface area contributed by atoms with Crippen LogP contribution in [0.15, 0.2) is 30.5 Å². The predicted molar refractivity (Wildman–Crippen MR) is 93.2 cm³/mol. The average Bonchev–Trinajstić information content (AvgIpc) is 2.80. The van der Waals surface area contributed by atoms with E-state index in [-0.39, 0.29) is 0 Å². The van der Waals surface area contributed by atoms with Gasteiger partial charge in [0.25, 0.3) is 0 Å².